The first-order chi connectivity index (χ1) is 9.90. The topological polar surface area (TPSA) is 87.5 Å². The van der Waals surface area contributed by atoms with Crippen LogP contribution < -0.4 is 5.32 Å². The number of aromatic carboxylic acids is 1. The number of hydrogen-bond donors (Lipinski definition) is 2. The van der Waals surface area contributed by atoms with Gasteiger partial charge in [0.2, 0.25) is 0 Å². The molecule has 2 amide bonds. The number of aromatic nitrogens is 2. The van der Waals surface area contributed by atoms with Gasteiger partial charge < -0.3 is 19.9 Å². The van der Waals surface area contributed by atoms with Gasteiger partial charge in [0.05, 0.1) is 16.6 Å². The van der Waals surface area contributed by atoms with Crippen molar-refractivity contribution >= 4 is 23.0 Å². The van der Waals surface area contributed by atoms with Crippen molar-refractivity contribution in [2.75, 3.05) is 20.6 Å². The number of imidazole rings is 1. The van der Waals surface area contributed by atoms with Crippen LogP contribution in [0.25, 0.3) is 11.0 Å². The molecule has 2 N–H and O–H groups in total. The lowest BCUT2D eigenvalue weighted by atomic mass is 10.2. The van der Waals surface area contributed by atoms with E-state index in [4.69, 9.17) is 5.11 Å². The molecular weight excluding hydrogens is 272 g/mol. The fourth-order valence-corrected chi connectivity index (χ4v) is 2.10. The first kappa shape index (κ1) is 14.8. The average molecular weight is 290 g/mol. The Balaban J connectivity index is 2.18. The molecule has 0 aliphatic rings. The molecule has 1 heterocycles. The number of aryl methyl sites for hydroxylation is 1. The third-order valence-corrected chi connectivity index (χ3v) is 3.20. The zero-order valence-electron chi connectivity index (χ0n) is 12.3. The molecule has 2 rings (SSSR count). The smallest absolute Gasteiger partial charge is 0.335 e. The van der Waals surface area contributed by atoms with Crippen molar-refractivity contribution in [2.24, 2.45) is 0 Å². The van der Waals surface area contributed by atoms with Crippen molar-refractivity contribution in [3.8, 4) is 0 Å². The second kappa shape index (κ2) is 5.82. The third kappa shape index (κ3) is 3.13. The number of urea groups is 1. The number of amides is 2. The van der Waals surface area contributed by atoms with Gasteiger partial charge in [0, 0.05) is 27.2 Å². The Morgan fingerprint density at radius 2 is 2.10 bits per heavy atom. The predicted octanol–water partition coefficient (Wildman–Crippen LogP) is 1.31. The van der Waals surface area contributed by atoms with E-state index in [1.165, 1.54) is 4.90 Å². The van der Waals surface area contributed by atoms with Gasteiger partial charge in [-0.1, -0.05) is 0 Å². The number of fused-ring (bicyclic) bond motifs is 1. The van der Waals surface area contributed by atoms with E-state index in [-0.39, 0.29) is 11.6 Å². The molecule has 0 bridgehead atoms. The van der Waals surface area contributed by atoms with Crippen LogP contribution in [0.5, 0.6) is 0 Å². The summed E-state index contributed by atoms with van der Waals surface area (Å²) in [7, 11) is 3.36. The molecule has 0 spiro atoms. The summed E-state index contributed by atoms with van der Waals surface area (Å²) in [6.45, 7) is 2.91. The Bertz CT molecular complexity index is 691. The van der Waals surface area contributed by atoms with Gasteiger partial charge in [-0.05, 0) is 25.1 Å². The van der Waals surface area contributed by atoms with Crippen LogP contribution in [-0.4, -0.2) is 52.2 Å². The molecule has 1 aromatic heterocycles. The Kier molecular flexibility index (Phi) is 4.11. The zero-order valence-corrected chi connectivity index (χ0v) is 12.3. The predicted molar refractivity (Wildman–Crippen MR) is 78.5 cm³/mol. The van der Waals surface area contributed by atoms with Crippen LogP contribution in [0.4, 0.5) is 4.79 Å². The van der Waals surface area contributed by atoms with Gasteiger partial charge in [-0.3, -0.25) is 0 Å². The highest BCUT2D eigenvalue weighted by molar-refractivity contribution is 5.92. The Labute approximate surface area is 122 Å². The number of hydrogen-bond acceptors (Lipinski definition) is 3. The van der Waals surface area contributed by atoms with Crippen LogP contribution >= 0.6 is 0 Å². The molecule has 0 atom stereocenters. The highest BCUT2D eigenvalue weighted by Gasteiger charge is 2.11. The highest BCUT2D eigenvalue weighted by atomic mass is 16.4. The zero-order chi connectivity index (χ0) is 15.6. The maximum Gasteiger partial charge on any atom is 0.335 e. The lowest BCUT2D eigenvalue weighted by Gasteiger charge is -2.13. The Morgan fingerprint density at radius 3 is 2.71 bits per heavy atom. The number of benzene rings is 1. The fourth-order valence-electron chi connectivity index (χ4n) is 2.10. The van der Waals surface area contributed by atoms with Crippen molar-refractivity contribution in [3.05, 3.63) is 29.6 Å². The fraction of sp³-hybridized carbons (Fsp3) is 0.357. The van der Waals surface area contributed by atoms with Crippen molar-refractivity contribution in [3.63, 3.8) is 0 Å². The first-order valence-electron chi connectivity index (χ1n) is 6.55. The summed E-state index contributed by atoms with van der Waals surface area (Å²) < 4.78 is 1.96. The SMILES string of the molecule is Cc1nc2cc(C(=O)O)ccc2n1CCNC(=O)N(C)C. The van der Waals surface area contributed by atoms with Gasteiger partial charge in [-0.25, -0.2) is 14.6 Å². The summed E-state index contributed by atoms with van der Waals surface area (Å²) in [5.41, 5.74) is 1.72. The summed E-state index contributed by atoms with van der Waals surface area (Å²) in [4.78, 5) is 28.3. The summed E-state index contributed by atoms with van der Waals surface area (Å²) in [5.74, 6) is -0.186. The molecule has 0 radical (unpaired) electrons. The molecule has 0 aliphatic heterocycles. The van der Waals surface area contributed by atoms with Gasteiger partial charge in [-0.2, -0.15) is 0 Å². The number of carboxylic acid groups (broad SMARTS) is 1. The summed E-state index contributed by atoms with van der Waals surface area (Å²) in [6.07, 6.45) is 0. The van der Waals surface area contributed by atoms with E-state index >= 15 is 0 Å². The second-order valence-electron chi connectivity index (χ2n) is 4.95. The molecule has 112 valence electrons. The molecule has 0 fully saturated rings. The van der Waals surface area contributed by atoms with E-state index in [1.807, 2.05) is 11.5 Å². The Hall–Kier alpha value is -2.57. The second-order valence-corrected chi connectivity index (χ2v) is 4.95. The molecule has 0 saturated carbocycles. The monoisotopic (exact) mass is 290 g/mol. The number of nitrogens with zero attached hydrogens (tertiary/aromatic N) is 3. The molecule has 0 unspecified atom stereocenters. The Morgan fingerprint density at radius 1 is 1.38 bits per heavy atom. The van der Waals surface area contributed by atoms with Crippen LogP contribution in [0.1, 0.15) is 16.2 Å². The minimum Gasteiger partial charge on any atom is -0.478 e. The molecule has 7 nitrogen and oxygen atoms in total. The van der Waals surface area contributed by atoms with Crippen LogP contribution in [0, 0.1) is 6.92 Å². The lowest BCUT2D eigenvalue weighted by molar-refractivity contribution is 0.0697. The number of rotatable bonds is 4. The number of carbonyl (C=O) groups excluding carboxylic acids is 1. The van der Waals surface area contributed by atoms with Crippen molar-refractivity contribution in [2.45, 2.75) is 13.5 Å². The molecule has 2 aromatic rings. The third-order valence-electron chi connectivity index (χ3n) is 3.20. The largest absolute Gasteiger partial charge is 0.478 e. The molecule has 0 aliphatic carbocycles. The van der Waals surface area contributed by atoms with Gasteiger partial charge in [-0.15, -0.1) is 0 Å². The maximum absolute atomic E-state index is 11.5. The van der Waals surface area contributed by atoms with E-state index in [0.717, 1.165) is 11.3 Å². The summed E-state index contributed by atoms with van der Waals surface area (Å²) >= 11 is 0. The van der Waals surface area contributed by atoms with Gasteiger partial charge in [0.1, 0.15) is 5.82 Å². The van der Waals surface area contributed by atoms with Crippen molar-refractivity contribution in [1.29, 1.82) is 0 Å². The van der Waals surface area contributed by atoms with Crippen molar-refractivity contribution < 1.29 is 14.7 Å². The van der Waals surface area contributed by atoms with E-state index < -0.39 is 5.97 Å². The molecular formula is C14H18N4O3. The van der Waals surface area contributed by atoms with Gasteiger partial charge in [0.15, 0.2) is 0 Å². The molecule has 1 aromatic carbocycles. The highest BCUT2D eigenvalue weighted by Crippen LogP contribution is 2.17. The summed E-state index contributed by atoms with van der Waals surface area (Å²) in [6, 6.07) is 4.71. The molecule has 21 heavy (non-hydrogen) atoms. The van der Waals surface area contributed by atoms with E-state index in [9.17, 15) is 9.59 Å². The molecule has 7 heteroatoms. The van der Waals surface area contributed by atoms with Crippen molar-refractivity contribution in [1.82, 2.24) is 19.8 Å². The average Bonchev–Trinajstić information content (AvgIpc) is 2.73. The normalized spacial score (nSPS) is 10.6. The standard InChI is InChI=1S/C14H18N4O3/c1-9-16-11-8-10(13(19)20)4-5-12(11)18(9)7-6-15-14(21)17(2)3/h4-5,8H,6-7H2,1-3H3,(H,15,21)(H,19,20). The van der Waals surface area contributed by atoms with Gasteiger partial charge >= 0.3 is 12.0 Å². The lowest BCUT2D eigenvalue weighted by Crippen LogP contribution is -2.36. The van der Waals surface area contributed by atoms with Crippen LogP contribution in [0.3, 0.4) is 0 Å². The van der Waals surface area contributed by atoms with Crippen LogP contribution in [-0.2, 0) is 6.54 Å². The molecule has 0 saturated heterocycles. The summed E-state index contributed by atoms with van der Waals surface area (Å²) in [5, 5.41) is 11.8. The van der Waals surface area contributed by atoms with E-state index in [0.29, 0.717) is 18.6 Å². The van der Waals surface area contributed by atoms with E-state index in [2.05, 4.69) is 10.3 Å². The van der Waals surface area contributed by atoms with Gasteiger partial charge in [0.25, 0.3) is 0 Å². The number of carbonyl (C=O) groups is 2. The maximum atomic E-state index is 11.5. The van der Waals surface area contributed by atoms with Crippen LogP contribution in [0.2, 0.25) is 0 Å². The minimum absolute atomic E-state index is 0.148. The number of carboxylic acids is 1. The quantitative estimate of drug-likeness (QED) is 0.889. The number of nitrogens with one attached hydrogen (secondary N) is 1. The van der Waals surface area contributed by atoms with Crippen LogP contribution in [0.15, 0.2) is 18.2 Å². The first-order valence-corrected chi connectivity index (χ1v) is 6.55. The van der Waals surface area contributed by atoms with E-state index in [1.54, 1.807) is 32.3 Å². The minimum atomic E-state index is -0.970.